The maximum atomic E-state index is 11.5. The number of rotatable bonds is 6. The van der Waals surface area contributed by atoms with Gasteiger partial charge < -0.3 is 11.1 Å². The van der Waals surface area contributed by atoms with Gasteiger partial charge >= 0.3 is 0 Å². The van der Waals surface area contributed by atoms with Crippen molar-refractivity contribution in [2.45, 2.75) is 39.7 Å². The van der Waals surface area contributed by atoms with E-state index in [1.807, 2.05) is 0 Å². The van der Waals surface area contributed by atoms with Crippen LogP contribution in [0.2, 0.25) is 0 Å². The molecule has 86 valence electrons. The summed E-state index contributed by atoms with van der Waals surface area (Å²) < 4.78 is 0. The largest absolute Gasteiger partial charge is 0.343 e. The molecule has 0 rings (SSSR count). The summed E-state index contributed by atoms with van der Waals surface area (Å²) in [4.78, 5) is 11.5. The van der Waals surface area contributed by atoms with E-state index >= 15 is 0 Å². The first-order valence-electron chi connectivity index (χ1n) is 5.45. The molecule has 3 nitrogen and oxygen atoms in total. The van der Waals surface area contributed by atoms with Crippen molar-refractivity contribution in [1.82, 2.24) is 5.32 Å². The quantitative estimate of drug-likeness (QED) is 0.646. The Morgan fingerprint density at radius 1 is 1.47 bits per heavy atom. The third-order valence-corrected chi connectivity index (χ3v) is 2.24. The lowest BCUT2D eigenvalue weighted by atomic mass is 9.94. The van der Waals surface area contributed by atoms with Gasteiger partial charge in [0.05, 0.1) is 6.04 Å². The van der Waals surface area contributed by atoms with E-state index in [0.29, 0.717) is 18.9 Å². The molecule has 0 saturated carbocycles. The molecule has 0 aliphatic heterocycles. The Morgan fingerprint density at radius 2 is 2.07 bits per heavy atom. The molecule has 0 heterocycles. The van der Waals surface area contributed by atoms with Crippen LogP contribution in [0, 0.1) is 24.2 Å². The van der Waals surface area contributed by atoms with E-state index in [9.17, 15) is 4.79 Å². The highest BCUT2D eigenvalue weighted by atomic mass is 16.1. The maximum Gasteiger partial charge on any atom is 0.221 e. The van der Waals surface area contributed by atoms with Gasteiger partial charge in [-0.1, -0.05) is 19.8 Å². The van der Waals surface area contributed by atoms with Gasteiger partial charge in [0, 0.05) is 6.42 Å². The second-order valence-corrected chi connectivity index (χ2v) is 4.39. The highest BCUT2D eigenvalue weighted by Gasteiger charge is 2.14. The SMILES string of the molecule is C#CC(C)NC(=O)C[C@@H](CN)CC(C)C. The molecule has 0 aromatic carbocycles. The topological polar surface area (TPSA) is 55.1 Å². The summed E-state index contributed by atoms with van der Waals surface area (Å²) in [5, 5.41) is 2.74. The van der Waals surface area contributed by atoms with Crippen LogP contribution in [0.15, 0.2) is 0 Å². The number of amides is 1. The number of nitrogens with two attached hydrogens (primary N) is 1. The lowest BCUT2D eigenvalue weighted by Gasteiger charge is -2.17. The smallest absolute Gasteiger partial charge is 0.221 e. The number of nitrogens with one attached hydrogen (secondary N) is 1. The Balaban J connectivity index is 3.97. The van der Waals surface area contributed by atoms with Crippen LogP contribution in [0.1, 0.15) is 33.6 Å². The molecule has 0 bridgehead atoms. The predicted octanol–water partition coefficient (Wildman–Crippen LogP) is 1.14. The summed E-state index contributed by atoms with van der Waals surface area (Å²) in [6, 6.07) is -0.199. The van der Waals surface area contributed by atoms with E-state index in [4.69, 9.17) is 12.2 Å². The lowest BCUT2D eigenvalue weighted by Crippen LogP contribution is -2.34. The molecule has 3 heteroatoms. The average Bonchev–Trinajstić information content (AvgIpc) is 2.15. The fourth-order valence-corrected chi connectivity index (χ4v) is 1.53. The molecule has 1 amide bonds. The van der Waals surface area contributed by atoms with Gasteiger partial charge in [-0.25, -0.2) is 0 Å². The zero-order valence-corrected chi connectivity index (χ0v) is 9.92. The van der Waals surface area contributed by atoms with Gasteiger partial charge in [-0.15, -0.1) is 6.42 Å². The van der Waals surface area contributed by atoms with Crippen LogP contribution < -0.4 is 11.1 Å². The third kappa shape index (κ3) is 6.98. The molecular formula is C12H22N2O. The number of terminal acetylenes is 1. The number of hydrogen-bond acceptors (Lipinski definition) is 2. The fraction of sp³-hybridized carbons (Fsp3) is 0.750. The molecule has 15 heavy (non-hydrogen) atoms. The van der Waals surface area contributed by atoms with Gasteiger partial charge in [0.1, 0.15) is 0 Å². The zero-order chi connectivity index (χ0) is 11.8. The first-order valence-corrected chi connectivity index (χ1v) is 5.45. The maximum absolute atomic E-state index is 11.5. The molecule has 0 spiro atoms. The van der Waals surface area contributed by atoms with E-state index in [1.165, 1.54) is 0 Å². The summed E-state index contributed by atoms with van der Waals surface area (Å²) in [5.74, 6) is 3.29. The van der Waals surface area contributed by atoms with Crippen molar-refractivity contribution in [3.8, 4) is 12.3 Å². The van der Waals surface area contributed by atoms with Crippen molar-refractivity contribution in [2.24, 2.45) is 17.6 Å². The van der Waals surface area contributed by atoms with Gasteiger partial charge in [0.15, 0.2) is 0 Å². The predicted molar refractivity (Wildman–Crippen MR) is 63.1 cm³/mol. The monoisotopic (exact) mass is 210 g/mol. The second-order valence-electron chi connectivity index (χ2n) is 4.39. The van der Waals surface area contributed by atoms with E-state index in [1.54, 1.807) is 6.92 Å². The van der Waals surface area contributed by atoms with E-state index in [0.717, 1.165) is 6.42 Å². The standard InChI is InChI=1S/C12H22N2O/c1-5-10(4)14-12(15)7-11(8-13)6-9(2)3/h1,9-11H,6-8,13H2,2-4H3,(H,14,15)/t10?,11-/m0/s1. The third-order valence-electron chi connectivity index (χ3n) is 2.24. The Bertz CT molecular complexity index is 230. The van der Waals surface area contributed by atoms with Crippen molar-refractivity contribution in [3.63, 3.8) is 0 Å². The first-order chi connectivity index (χ1) is 6.99. The van der Waals surface area contributed by atoms with Crippen LogP contribution >= 0.6 is 0 Å². The molecular weight excluding hydrogens is 188 g/mol. The van der Waals surface area contributed by atoms with Crippen LogP contribution in [0.3, 0.4) is 0 Å². The molecule has 0 aromatic heterocycles. The molecule has 0 aliphatic rings. The molecule has 0 aliphatic carbocycles. The van der Waals surface area contributed by atoms with E-state index in [2.05, 4.69) is 25.1 Å². The van der Waals surface area contributed by atoms with Gasteiger partial charge in [0.2, 0.25) is 5.91 Å². The highest BCUT2D eigenvalue weighted by Crippen LogP contribution is 2.13. The highest BCUT2D eigenvalue weighted by molar-refractivity contribution is 5.76. The van der Waals surface area contributed by atoms with Crippen molar-refractivity contribution in [2.75, 3.05) is 6.54 Å². The second kappa shape index (κ2) is 7.30. The summed E-state index contributed by atoms with van der Waals surface area (Å²) in [7, 11) is 0. The molecule has 3 N–H and O–H groups in total. The Morgan fingerprint density at radius 3 is 2.47 bits per heavy atom. The van der Waals surface area contributed by atoms with Gasteiger partial charge in [0.25, 0.3) is 0 Å². The minimum atomic E-state index is -0.199. The van der Waals surface area contributed by atoms with Crippen LogP contribution in [-0.2, 0) is 4.79 Å². The summed E-state index contributed by atoms with van der Waals surface area (Å²) in [6.07, 6.45) is 6.63. The number of carbonyl (C=O) groups is 1. The minimum Gasteiger partial charge on any atom is -0.343 e. The van der Waals surface area contributed by atoms with Gasteiger partial charge in [-0.05, 0) is 31.7 Å². The van der Waals surface area contributed by atoms with E-state index in [-0.39, 0.29) is 17.9 Å². The summed E-state index contributed by atoms with van der Waals surface area (Å²) in [6.45, 7) is 6.60. The number of hydrogen-bond donors (Lipinski definition) is 2. The van der Waals surface area contributed by atoms with Crippen molar-refractivity contribution in [3.05, 3.63) is 0 Å². The molecule has 0 aromatic rings. The van der Waals surface area contributed by atoms with Crippen LogP contribution in [0.25, 0.3) is 0 Å². The number of carbonyl (C=O) groups excluding carboxylic acids is 1. The van der Waals surface area contributed by atoms with Crippen molar-refractivity contribution >= 4 is 5.91 Å². The Hall–Kier alpha value is -1.01. The minimum absolute atomic E-state index is 0.00319. The Kier molecular flexibility index (Phi) is 6.81. The lowest BCUT2D eigenvalue weighted by molar-refractivity contribution is -0.122. The van der Waals surface area contributed by atoms with Crippen LogP contribution in [0.4, 0.5) is 0 Å². The van der Waals surface area contributed by atoms with Crippen molar-refractivity contribution in [1.29, 1.82) is 0 Å². The molecule has 1 unspecified atom stereocenters. The summed E-state index contributed by atoms with van der Waals surface area (Å²) >= 11 is 0. The van der Waals surface area contributed by atoms with Crippen LogP contribution in [0.5, 0.6) is 0 Å². The molecule has 0 fully saturated rings. The molecule has 2 atom stereocenters. The Labute approximate surface area is 92.8 Å². The van der Waals surface area contributed by atoms with Crippen LogP contribution in [-0.4, -0.2) is 18.5 Å². The zero-order valence-electron chi connectivity index (χ0n) is 9.92. The van der Waals surface area contributed by atoms with Gasteiger partial charge in [-0.3, -0.25) is 4.79 Å². The average molecular weight is 210 g/mol. The molecule has 0 radical (unpaired) electrons. The first kappa shape index (κ1) is 14.0. The van der Waals surface area contributed by atoms with Gasteiger partial charge in [-0.2, -0.15) is 0 Å². The van der Waals surface area contributed by atoms with Crippen molar-refractivity contribution < 1.29 is 4.79 Å². The fourth-order valence-electron chi connectivity index (χ4n) is 1.53. The summed E-state index contributed by atoms with van der Waals surface area (Å²) in [5.41, 5.74) is 5.61. The molecule has 0 saturated heterocycles. The van der Waals surface area contributed by atoms with E-state index < -0.39 is 0 Å². The normalized spacial score (nSPS) is 14.4.